The molecule has 0 spiro atoms. The van der Waals surface area contributed by atoms with Crippen molar-refractivity contribution < 1.29 is 18.7 Å². The third kappa shape index (κ3) is 4.78. The zero-order valence-electron chi connectivity index (χ0n) is 15.6. The number of amides is 1. The van der Waals surface area contributed by atoms with Crippen molar-refractivity contribution >= 4 is 40.8 Å². The number of ether oxygens (including phenoxy) is 1. The highest BCUT2D eigenvalue weighted by molar-refractivity contribution is 6.35. The molecule has 0 aliphatic carbocycles. The van der Waals surface area contributed by atoms with E-state index in [-0.39, 0.29) is 5.82 Å². The van der Waals surface area contributed by atoms with Gasteiger partial charge in [0.15, 0.2) is 6.61 Å². The van der Waals surface area contributed by atoms with Crippen molar-refractivity contribution in [1.29, 1.82) is 0 Å². The molecule has 0 aliphatic heterocycles. The predicted octanol–water partition coefficient (Wildman–Crippen LogP) is 5.34. The van der Waals surface area contributed by atoms with E-state index in [2.05, 4.69) is 5.32 Å². The molecule has 2 aromatic carbocycles. The molecule has 0 saturated heterocycles. The van der Waals surface area contributed by atoms with Crippen LogP contribution in [-0.2, 0) is 9.53 Å². The third-order valence-electron chi connectivity index (χ3n) is 4.27. The quantitative estimate of drug-likeness (QED) is 0.551. The number of carbonyl (C=O) groups excluding carboxylic acids is 2. The highest BCUT2D eigenvalue weighted by Gasteiger charge is 2.19. The maximum Gasteiger partial charge on any atom is 0.340 e. The lowest BCUT2D eigenvalue weighted by Gasteiger charge is -2.10. The van der Waals surface area contributed by atoms with Crippen LogP contribution in [0.5, 0.6) is 0 Å². The number of hydrogen-bond acceptors (Lipinski definition) is 3. The molecule has 1 amide bonds. The summed E-state index contributed by atoms with van der Waals surface area (Å²) in [5, 5.41) is 3.28. The van der Waals surface area contributed by atoms with Crippen LogP contribution >= 0.6 is 23.2 Å². The van der Waals surface area contributed by atoms with Gasteiger partial charge in [0.25, 0.3) is 5.91 Å². The Balaban J connectivity index is 1.69. The summed E-state index contributed by atoms with van der Waals surface area (Å²) in [4.78, 5) is 24.6. The molecule has 150 valence electrons. The van der Waals surface area contributed by atoms with Crippen molar-refractivity contribution in [3.63, 3.8) is 0 Å². The number of carbonyl (C=O) groups is 2. The largest absolute Gasteiger partial charge is 0.452 e. The fourth-order valence-electron chi connectivity index (χ4n) is 2.95. The Labute approximate surface area is 177 Å². The summed E-state index contributed by atoms with van der Waals surface area (Å²) in [6.45, 7) is 3.08. The van der Waals surface area contributed by atoms with Gasteiger partial charge in [0.1, 0.15) is 5.82 Å². The minimum atomic E-state index is -0.640. The number of nitrogens with zero attached hydrogens (tertiary/aromatic N) is 1. The molecule has 29 heavy (non-hydrogen) atoms. The second-order valence-electron chi connectivity index (χ2n) is 6.35. The molecule has 0 atom stereocenters. The first-order valence-electron chi connectivity index (χ1n) is 8.63. The monoisotopic (exact) mass is 434 g/mol. The maximum absolute atomic E-state index is 13.2. The lowest BCUT2D eigenvalue weighted by Crippen LogP contribution is -2.21. The van der Waals surface area contributed by atoms with Gasteiger partial charge in [0.05, 0.1) is 16.3 Å². The van der Waals surface area contributed by atoms with Gasteiger partial charge in [-0.2, -0.15) is 0 Å². The van der Waals surface area contributed by atoms with Gasteiger partial charge in [-0.15, -0.1) is 0 Å². The molecule has 3 aromatic rings. The van der Waals surface area contributed by atoms with Crippen molar-refractivity contribution in [1.82, 2.24) is 4.57 Å². The molecule has 1 aromatic heterocycles. The molecular formula is C21H17Cl2FN2O3. The molecule has 8 heteroatoms. The molecule has 0 saturated carbocycles. The third-order valence-corrected chi connectivity index (χ3v) is 4.84. The average molecular weight is 435 g/mol. The Kier molecular flexibility index (Phi) is 6.25. The second-order valence-corrected chi connectivity index (χ2v) is 7.19. The number of aryl methyl sites for hydroxylation is 1. The van der Waals surface area contributed by atoms with E-state index in [1.165, 1.54) is 18.2 Å². The van der Waals surface area contributed by atoms with Gasteiger partial charge >= 0.3 is 5.97 Å². The van der Waals surface area contributed by atoms with E-state index in [0.717, 1.165) is 5.69 Å². The summed E-state index contributed by atoms with van der Waals surface area (Å²) in [6, 6.07) is 12.2. The predicted molar refractivity (Wildman–Crippen MR) is 111 cm³/mol. The minimum Gasteiger partial charge on any atom is -0.452 e. The van der Waals surface area contributed by atoms with E-state index >= 15 is 0 Å². The highest BCUT2D eigenvalue weighted by Crippen LogP contribution is 2.25. The Hall–Kier alpha value is -2.83. The summed E-state index contributed by atoms with van der Waals surface area (Å²) in [7, 11) is 0. The first-order valence-corrected chi connectivity index (χ1v) is 9.39. The second kappa shape index (κ2) is 8.68. The number of aromatic nitrogens is 1. The Morgan fingerprint density at radius 3 is 2.45 bits per heavy atom. The SMILES string of the molecule is Cc1cc(C(=O)OCC(=O)Nc2cc(Cl)ccc2Cl)c(C)n1-c1ccc(F)cc1. The molecule has 0 radical (unpaired) electrons. The van der Waals surface area contributed by atoms with Gasteiger partial charge in [0.2, 0.25) is 0 Å². The molecule has 5 nitrogen and oxygen atoms in total. The topological polar surface area (TPSA) is 60.3 Å². The van der Waals surface area contributed by atoms with Crippen molar-refractivity contribution in [2.24, 2.45) is 0 Å². The fraction of sp³-hybridized carbons (Fsp3) is 0.143. The number of esters is 1. The molecule has 0 aliphatic rings. The molecule has 3 rings (SSSR count). The van der Waals surface area contributed by atoms with Gasteiger partial charge in [-0.3, -0.25) is 4.79 Å². The van der Waals surface area contributed by atoms with Crippen LogP contribution in [0.4, 0.5) is 10.1 Å². The van der Waals surface area contributed by atoms with Gasteiger partial charge in [-0.25, -0.2) is 9.18 Å². The van der Waals surface area contributed by atoms with E-state index in [4.69, 9.17) is 27.9 Å². The van der Waals surface area contributed by atoms with Gasteiger partial charge in [-0.1, -0.05) is 23.2 Å². The zero-order valence-corrected chi connectivity index (χ0v) is 17.1. The van der Waals surface area contributed by atoms with Crippen LogP contribution in [0.25, 0.3) is 5.69 Å². The number of hydrogen-bond donors (Lipinski definition) is 1. The minimum absolute atomic E-state index is 0.317. The van der Waals surface area contributed by atoms with Crippen LogP contribution in [0.1, 0.15) is 21.7 Å². The summed E-state index contributed by atoms with van der Waals surface area (Å²) in [6.07, 6.45) is 0. The van der Waals surface area contributed by atoms with Gasteiger partial charge in [-0.05, 0) is 62.4 Å². The van der Waals surface area contributed by atoms with Crippen LogP contribution in [0.2, 0.25) is 10.0 Å². The number of nitrogens with one attached hydrogen (secondary N) is 1. The summed E-state index contributed by atoms with van der Waals surface area (Å²) in [5.74, 6) is -1.53. The Morgan fingerprint density at radius 2 is 1.76 bits per heavy atom. The number of benzene rings is 2. The first kappa shape index (κ1) is 20.9. The van der Waals surface area contributed by atoms with Crippen LogP contribution in [0.3, 0.4) is 0 Å². The Morgan fingerprint density at radius 1 is 1.07 bits per heavy atom. The van der Waals surface area contributed by atoms with E-state index in [1.54, 1.807) is 37.3 Å². The number of halogens is 3. The lowest BCUT2D eigenvalue weighted by molar-refractivity contribution is -0.119. The van der Waals surface area contributed by atoms with Gasteiger partial charge < -0.3 is 14.6 Å². The fourth-order valence-corrected chi connectivity index (χ4v) is 3.28. The molecule has 1 N–H and O–H groups in total. The lowest BCUT2D eigenvalue weighted by atomic mass is 10.2. The van der Waals surface area contributed by atoms with Gasteiger partial charge in [0, 0.05) is 22.1 Å². The van der Waals surface area contributed by atoms with Crippen molar-refractivity contribution in [2.75, 3.05) is 11.9 Å². The van der Waals surface area contributed by atoms with Crippen molar-refractivity contribution in [3.8, 4) is 5.69 Å². The standard InChI is InChI=1S/C21H17Cl2FN2O3/c1-12-9-17(13(2)26(12)16-6-4-15(24)5-7-16)21(28)29-11-20(27)25-19-10-14(22)3-8-18(19)23/h3-10H,11H2,1-2H3,(H,25,27). The molecule has 0 unspecified atom stereocenters. The summed E-state index contributed by atoms with van der Waals surface area (Å²) < 4.78 is 20.1. The Bertz CT molecular complexity index is 1080. The van der Waals surface area contributed by atoms with E-state index in [9.17, 15) is 14.0 Å². The summed E-state index contributed by atoms with van der Waals surface area (Å²) in [5.41, 5.74) is 2.76. The van der Waals surface area contributed by atoms with E-state index in [1.807, 2.05) is 11.5 Å². The first-order chi connectivity index (χ1) is 13.8. The average Bonchev–Trinajstić information content (AvgIpc) is 2.98. The number of anilines is 1. The van der Waals surface area contributed by atoms with E-state index < -0.39 is 18.5 Å². The molecule has 0 fully saturated rings. The molecular weight excluding hydrogens is 418 g/mol. The molecule has 1 heterocycles. The van der Waals surface area contributed by atoms with Crippen LogP contribution in [-0.4, -0.2) is 23.1 Å². The van der Waals surface area contributed by atoms with Crippen LogP contribution in [0.15, 0.2) is 48.5 Å². The van der Waals surface area contributed by atoms with Crippen molar-refractivity contribution in [2.45, 2.75) is 13.8 Å². The van der Waals surface area contributed by atoms with Crippen LogP contribution in [0, 0.1) is 19.7 Å². The zero-order chi connectivity index (χ0) is 21.1. The summed E-state index contributed by atoms with van der Waals surface area (Å²) >= 11 is 11.9. The normalized spacial score (nSPS) is 10.7. The molecule has 0 bridgehead atoms. The smallest absolute Gasteiger partial charge is 0.340 e. The van der Waals surface area contributed by atoms with E-state index in [0.29, 0.717) is 32.7 Å². The maximum atomic E-state index is 13.2. The number of rotatable bonds is 5. The van der Waals surface area contributed by atoms with Crippen LogP contribution < -0.4 is 5.32 Å². The van der Waals surface area contributed by atoms with Crippen molar-refractivity contribution in [3.05, 3.63) is 81.3 Å². The highest BCUT2D eigenvalue weighted by atomic mass is 35.5.